The second-order valence-electron chi connectivity index (χ2n) is 7.15. The van der Waals surface area contributed by atoms with Crippen molar-refractivity contribution in [2.45, 2.75) is 118 Å². The van der Waals surface area contributed by atoms with Gasteiger partial charge in [-0.1, -0.05) is 79.6 Å². The Bertz CT molecular complexity index is 269. The molecule has 0 saturated heterocycles. The summed E-state index contributed by atoms with van der Waals surface area (Å²) in [5.74, 6) is 1.08. The summed E-state index contributed by atoms with van der Waals surface area (Å²) < 4.78 is 0. The van der Waals surface area contributed by atoms with E-state index in [0.717, 1.165) is 19.4 Å². The van der Waals surface area contributed by atoms with Crippen molar-refractivity contribution in [1.29, 1.82) is 0 Å². The van der Waals surface area contributed by atoms with E-state index >= 15 is 0 Å². The molecule has 0 spiro atoms. The molecule has 1 atom stereocenters. The van der Waals surface area contributed by atoms with E-state index in [2.05, 4.69) is 39.5 Å². The Morgan fingerprint density at radius 1 is 0.783 bits per heavy atom. The van der Waals surface area contributed by atoms with Crippen molar-refractivity contribution in [3.8, 4) is 0 Å². The summed E-state index contributed by atoms with van der Waals surface area (Å²) in [5.41, 5.74) is 0. The fraction of sp³-hybridized carbons (Fsp3) is 0.952. The average molecular weight is 326 g/mol. The predicted octanol–water partition coefficient (Wildman–Crippen LogP) is 6.58. The second kappa shape index (κ2) is 15.0. The van der Waals surface area contributed by atoms with Crippen LogP contribution in [0.4, 0.5) is 0 Å². The molecule has 2 nitrogen and oxygen atoms in total. The zero-order chi connectivity index (χ0) is 17.5. The largest absolute Gasteiger partial charge is 0.339 e. The fourth-order valence-electron chi connectivity index (χ4n) is 3.34. The first-order valence-electron chi connectivity index (χ1n) is 10.4. The second-order valence-corrected chi connectivity index (χ2v) is 7.15. The number of carbonyl (C=O) groups is 1. The first-order valence-corrected chi connectivity index (χ1v) is 10.4. The van der Waals surface area contributed by atoms with Gasteiger partial charge < -0.3 is 4.90 Å². The monoisotopic (exact) mass is 325 g/mol. The maximum atomic E-state index is 12.8. The molecular weight excluding hydrogens is 282 g/mol. The molecule has 2 heteroatoms. The van der Waals surface area contributed by atoms with Crippen LogP contribution in [0.1, 0.15) is 112 Å². The van der Waals surface area contributed by atoms with Crippen molar-refractivity contribution in [3.63, 3.8) is 0 Å². The van der Waals surface area contributed by atoms with Gasteiger partial charge in [0.1, 0.15) is 0 Å². The molecule has 0 N–H and O–H groups in total. The fourth-order valence-corrected chi connectivity index (χ4v) is 3.34. The highest BCUT2D eigenvalue weighted by molar-refractivity contribution is 5.76. The van der Waals surface area contributed by atoms with E-state index in [1.807, 2.05) is 0 Å². The predicted molar refractivity (Wildman–Crippen MR) is 103 cm³/mol. The van der Waals surface area contributed by atoms with Crippen molar-refractivity contribution in [2.75, 3.05) is 6.54 Å². The van der Waals surface area contributed by atoms with Gasteiger partial charge in [-0.3, -0.25) is 4.79 Å². The van der Waals surface area contributed by atoms with Crippen LogP contribution < -0.4 is 0 Å². The molecule has 0 fully saturated rings. The first-order chi connectivity index (χ1) is 11.1. The zero-order valence-corrected chi connectivity index (χ0v) is 16.7. The summed E-state index contributed by atoms with van der Waals surface area (Å²) in [7, 11) is 0. The molecule has 23 heavy (non-hydrogen) atoms. The third-order valence-corrected chi connectivity index (χ3v) is 5.00. The first kappa shape index (κ1) is 22.5. The van der Waals surface area contributed by atoms with E-state index < -0.39 is 0 Å². The van der Waals surface area contributed by atoms with Gasteiger partial charge in [0.15, 0.2) is 0 Å². The van der Waals surface area contributed by atoms with E-state index in [-0.39, 0.29) is 0 Å². The van der Waals surface area contributed by atoms with Crippen molar-refractivity contribution < 1.29 is 4.79 Å². The molecule has 0 radical (unpaired) electrons. The number of unbranched alkanes of at least 4 members (excludes halogenated alkanes) is 3. The number of hydrogen-bond acceptors (Lipinski definition) is 1. The number of hydrogen-bond donors (Lipinski definition) is 0. The van der Waals surface area contributed by atoms with Crippen LogP contribution >= 0.6 is 0 Å². The van der Waals surface area contributed by atoms with Crippen LogP contribution in [0.25, 0.3) is 0 Å². The lowest BCUT2D eigenvalue weighted by molar-refractivity contribution is -0.134. The van der Waals surface area contributed by atoms with Gasteiger partial charge in [-0.2, -0.15) is 0 Å². The van der Waals surface area contributed by atoms with Gasteiger partial charge in [0.05, 0.1) is 0 Å². The van der Waals surface area contributed by atoms with E-state index in [0.29, 0.717) is 17.9 Å². The van der Waals surface area contributed by atoms with Crippen LogP contribution in [0, 0.1) is 5.92 Å². The topological polar surface area (TPSA) is 20.3 Å². The SMILES string of the molecule is CCCCC(CC)CN(C(=O)CCC)C(CCCC)CCCC. The van der Waals surface area contributed by atoms with Gasteiger partial charge in [-0.25, -0.2) is 0 Å². The summed E-state index contributed by atoms with van der Waals surface area (Å²) in [5, 5.41) is 0. The Labute approximate surface area is 146 Å². The summed E-state index contributed by atoms with van der Waals surface area (Å²) >= 11 is 0. The summed E-state index contributed by atoms with van der Waals surface area (Å²) in [6, 6.07) is 0.477. The standard InChI is InChI=1S/C21H43NO/c1-6-11-15-19(10-5)18-22(21(23)14-9-4)20(16-12-7-2)17-13-8-3/h19-20H,6-18H2,1-5H3. The molecule has 0 aliphatic heterocycles. The minimum atomic E-state index is 0.402. The van der Waals surface area contributed by atoms with Crippen LogP contribution in [0.3, 0.4) is 0 Å². The number of carbonyl (C=O) groups excluding carboxylic acids is 1. The molecule has 138 valence electrons. The molecule has 1 amide bonds. The van der Waals surface area contributed by atoms with E-state index in [1.165, 1.54) is 64.2 Å². The molecule has 1 unspecified atom stereocenters. The van der Waals surface area contributed by atoms with Crippen LogP contribution in [-0.2, 0) is 4.79 Å². The van der Waals surface area contributed by atoms with Gasteiger partial charge in [0.25, 0.3) is 0 Å². The molecule has 0 aliphatic rings. The normalized spacial score (nSPS) is 12.6. The Morgan fingerprint density at radius 2 is 1.30 bits per heavy atom. The van der Waals surface area contributed by atoms with Gasteiger partial charge >= 0.3 is 0 Å². The number of rotatable bonds is 15. The van der Waals surface area contributed by atoms with Gasteiger partial charge in [0.2, 0.25) is 5.91 Å². The highest BCUT2D eigenvalue weighted by Gasteiger charge is 2.24. The minimum absolute atomic E-state index is 0.402. The minimum Gasteiger partial charge on any atom is -0.339 e. The highest BCUT2D eigenvalue weighted by atomic mass is 16.2. The number of amides is 1. The molecule has 0 aromatic rings. The Hall–Kier alpha value is -0.530. The maximum absolute atomic E-state index is 12.8. The summed E-state index contributed by atoms with van der Waals surface area (Å²) in [4.78, 5) is 15.1. The van der Waals surface area contributed by atoms with Crippen molar-refractivity contribution in [3.05, 3.63) is 0 Å². The lowest BCUT2D eigenvalue weighted by atomic mass is 9.95. The van der Waals surface area contributed by atoms with Crippen LogP contribution in [0.5, 0.6) is 0 Å². The highest BCUT2D eigenvalue weighted by Crippen LogP contribution is 2.22. The summed E-state index contributed by atoms with van der Waals surface area (Å²) in [6.45, 7) is 12.2. The summed E-state index contributed by atoms with van der Waals surface area (Å²) in [6.07, 6.45) is 14.0. The van der Waals surface area contributed by atoms with Gasteiger partial charge in [-0.05, 0) is 31.6 Å². The molecule has 0 aromatic heterocycles. The van der Waals surface area contributed by atoms with E-state index in [9.17, 15) is 4.79 Å². The van der Waals surface area contributed by atoms with Crippen LogP contribution in [-0.4, -0.2) is 23.4 Å². The maximum Gasteiger partial charge on any atom is 0.222 e. The van der Waals surface area contributed by atoms with E-state index in [1.54, 1.807) is 0 Å². The Balaban J connectivity index is 4.97. The molecule has 0 bridgehead atoms. The molecule has 0 saturated carbocycles. The average Bonchev–Trinajstić information content (AvgIpc) is 2.56. The number of nitrogens with zero attached hydrogens (tertiary/aromatic N) is 1. The van der Waals surface area contributed by atoms with Crippen molar-refractivity contribution in [2.24, 2.45) is 5.92 Å². The molecule has 0 aliphatic carbocycles. The third kappa shape index (κ3) is 10.0. The smallest absolute Gasteiger partial charge is 0.222 e. The van der Waals surface area contributed by atoms with Crippen LogP contribution in [0.15, 0.2) is 0 Å². The third-order valence-electron chi connectivity index (χ3n) is 5.00. The molecular formula is C21H43NO. The lowest BCUT2D eigenvalue weighted by Crippen LogP contribution is -2.43. The molecule has 0 heterocycles. The Morgan fingerprint density at radius 3 is 1.74 bits per heavy atom. The van der Waals surface area contributed by atoms with E-state index in [4.69, 9.17) is 0 Å². The Kier molecular flexibility index (Phi) is 14.7. The van der Waals surface area contributed by atoms with Gasteiger partial charge in [-0.15, -0.1) is 0 Å². The quantitative estimate of drug-likeness (QED) is 0.333. The van der Waals surface area contributed by atoms with Crippen LogP contribution in [0.2, 0.25) is 0 Å². The van der Waals surface area contributed by atoms with Crippen molar-refractivity contribution in [1.82, 2.24) is 4.90 Å². The molecule has 0 rings (SSSR count). The molecule has 0 aromatic carbocycles. The van der Waals surface area contributed by atoms with Crippen molar-refractivity contribution >= 4 is 5.91 Å². The van der Waals surface area contributed by atoms with Gasteiger partial charge in [0, 0.05) is 19.0 Å². The zero-order valence-electron chi connectivity index (χ0n) is 16.7. The lowest BCUT2D eigenvalue weighted by Gasteiger charge is -2.35.